The highest BCUT2D eigenvalue weighted by Crippen LogP contribution is 2.29. The lowest BCUT2D eigenvalue weighted by Gasteiger charge is -2.19. The van der Waals surface area contributed by atoms with Crippen LogP contribution in [0.4, 0.5) is 17.6 Å². The molecule has 0 unspecified atom stereocenters. The van der Waals surface area contributed by atoms with E-state index in [2.05, 4.69) is 9.97 Å². The van der Waals surface area contributed by atoms with Gasteiger partial charge in [0.25, 0.3) is 0 Å². The second-order valence-electron chi connectivity index (χ2n) is 5.54. The van der Waals surface area contributed by atoms with E-state index in [0.717, 1.165) is 24.5 Å². The minimum absolute atomic E-state index is 0.0570. The van der Waals surface area contributed by atoms with E-state index in [9.17, 15) is 27.2 Å². The van der Waals surface area contributed by atoms with Crippen molar-refractivity contribution >= 4 is 11.6 Å². The minimum atomic E-state index is -4.67. The van der Waals surface area contributed by atoms with E-state index in [4.69, 9.17) is 0 Å². The fourth-order valence-electron chi connectivity index (χ4n) is 2.58. The fraction of sp³-hybridized carbons (Fsp3) is 0.176. The van der Waals surface area contributed by atoms with Crippen LogP contribution >= 0.6 is 0 Å². The molecule has 0 radical (unpaired) electrons. The van der Waals surface area contributed by atoms with Crippen LogP contribution in [0.5, 0.6) is 0 Å². The number of rotatable bonds is 2. The largest absolute Gasteiger partial charge is 0.451 e. The lowest BCUT2D eigenvalue weighted by Crippen LogP contribution is -2.22. The lowest BCUT2D eigenvalue weighted by atomic mass is 9.82. The molecule has 2 aromatic rings. The van der Waals surface area contributed by atoms with Crippen LogP contribution in [0.3, 0.4) is 0 Å². The average Bonchev–Trinajstić information content (AvgIpc) is 2.56. The number of carbonyl (C=O) groups is 2. The zero-order valence-corrected chi connectivity index (χ0v) is 12.8. The summed E-state index contributed by atoms with van der Waals surface area (Å²) in [6.07, 6.45) is -2.88. The van der Waals surface area contributed by atoms with Gasteiger partial charge in [0.2, 0.25) is 5.82 Å². The van der Waals surface area contributed by atoms with Crippen molar-refractivity contribution in [1.82, 2.24) is 9.97 Å². The first-order valence-corrected chi connectivity index (χ1v) is 7.15. The number of hydrogen-bond donors (Lipinski definition) is 0. The molecule has 1 aromatic heterocycles. The van der Waals surface area contributed by atoms with E-state index in [1.54, 1.807) is 0 Å². The molecule has 0 spiro atoms. The third-order valence-corrected chi connectivity index (χ3v) is 3.88. The van der Waals surface area contributed by atoms with Crippen molar-refractivity contribution in [3.63, 3.8) is 0 Å². The van der Waals surface area contributed by atoms with E-state index in [-0.39, 0.29) is 34.3 Å². The molecule has 0 amide bonds. The van der Waals surface area contributed by atoms with Crippen molar-refractivity contribution in [2.45, 2.75) is 19.5 Å². The standard InChI is InChI=1S/C17H10F4N2O2/c1-8-12(4-9-6-22-16(23-7-9)17(19,20)21)15(25)13-5-10(18)2-3-11(13)14(8)24/h2-3,5-7H,4H2,1H3. The zero-order valence-electron chi connectivity index (χ0n) is 12.8. The number of carbonyl (C=O) groups excluding carboxylic acids is 2. The predicted octanol–water partition coefficient (Wildman–Crippen LogP) is 3.57. The maximum absolute atomic E-state index is 13.4. The van der Waals surface area contributed by atoms with Crippen LogP contribution in [0.1, 0.15) is 39.0 Å². The highest BCUT2D eigenvalue weighted by atomic mass is 19.4. The smallest absolute Gasteiger partial charge is 0.289 e. The number of allylic oxidation sites excluding steroid dienone is 2. The quantitative estimate of drug-likeness (QED) is 0.777. The Balaban J connectivity index is 1.96. The van der Waals surface area contributed by atoms with Crippen molar-refractivity contribution in [2.24, 2.45) is 0 Å². The molecule has 1 heterocycles. The third kappa shape index (κ3) is 3.07. The molecular formula is C17H10F4N2O2. The van der Waals surface area contributed by atoms with Gasteiger partial charge in [-0.1, -0.05) is 0 Å². The predicted molar refractivity (Wildman–Crippen MR) is 78.5 cm³/mol. The number of halogens is 4. The Labute approximate surface area is 139 Å². The van der Waals surface area contributed by atoms with Gasteiger partial charge in [0.05, 0.1) is 0 Å². The highest BCUT2D eigenvalue weighted by Gasteiger charge is 2.34. The molecule has 0 fully saturated rings. The van der Waals surface area contributed by atoms with Crippen LogP contribution < -0.4 is 0 Å². The average molecular weight is 350 g/mol. The second-order valence-corrected chi connectivity index (χ2v) is 5.54. The van der Waals surface area contributed by atoms with Crippen LogP contribution in [0.25, 0.3) is 0 Å². The number of Topliss-reactive ketones (excluding diaryl/α,β-unsaturated/α-hetero) is 2. The normalized spacial score (nSPS) is 14.8. The maximum atomic E-state index is 13.4. The van der Waals surface area contributed by atoms with Crippen LogP contribution in [0.2, 0.25) is 0 Å². The van der Waals surface area contributed by atoms with Gasteiger partial charge in [0.15, 0.2) is 11.6 Å². The Morgan fingerprint density at radius 2 is 1.64 bits per heavy atom. The molecule has 128 valence electrons. The van der Waals surface area contributed by atoms with E-state index < -0.39 is 29.4 Å². The first-order chi connectivity index (χ1) is 11.7. The van der Waals surface area contributed by atoms with Crippen LogP contribution in [0, 0.1) is 5.82 Å². The molecule has 0 atom stereocenters. The van der Waals surface area contributed by atoms with Gasteiger partial charge in [-0.15, -0.1) is 0 Å². The molecule has 0 saturated carbocycles. The van der Waals surface area contributed by atoms with Crippen molar-refractivity contribution in [3.05, 3.63) is 70.1 Å². The van der Waals surface area contributed by atoms with Gasteiger partial charge in [0, 0.05) is 41.1 Å². The summed E-state index contributed by atoms with van der Waals surface area (Å²) in [6.45, 7) is 1.45. The van der Waals surface area contributed by atoms with E-state index >= 15 is 0 Å². The molecule has 3 rings (SSSR count). The monoisotopic (exact) mass is 350 g/mol. The number of aromatic nitrogens is 2. The number of benzene rings is 1. The third-order valence-electron chi connectivity index (χ3n) is 3.88. The van der Waals surface area contributed by atoms with Gasteiger partial charge in [0.1, 0.15) is 5.82 Å². The highest BCUT2D eigenvalue weighted by molar-refractivity contribution is 6.26. The minimum Gasteiger partial charge on any atom is -0.289 e. The summed E-state index contributed by atoms with van der Waals surface area (Å²) in [5.74, 6) is -2.90. The zero-order chi connectivity index (χ0) is 18.4. The van der Waals surface area contributed by atoms with Crippen molar-refractivity contribution in [3.8, 4) is 0 Å². The Kier molecular flexibility index (Phi) is 3.98. The van der Waals surface area contributed by atoms with Gasteiger partial charge in [-0.3, -0.25) is 9.59 Å². The summed E-state index contributed by atoms with van der Waals surface area (Å²) in [4.78, 5) is 31.4. The maximum Gasteiger partial charge on any atom is 0.451 e. The first-order valence-electron chi connectivity index (χ1n) is 7.15. The lowest BCUT2D eigenvalue weighted by molar-refractivity contribution is -0.145. The Bertz CT molecular complexity index is 915. The SMILES string of the molecule is CC1=C(Cc2cnc(C(F)(F)F)nc2)C(=O)c2cc(F)ccc2C1=O. The van der Waals surface area contributed by atoms with Crippen LogP contribution in [0.15, 0.2) is 41.7 Å². The summed E-state index contributed by atoms with van der Waals surface area (Å²) >= 11 is 0. The van der Waals surface area contributed by atoms with E-state index in [1.165, 1.54) is 13.0 Å². The number of ketones is 2. The molecular weight excluding hydrogens is 340 g/mol. The van der Waals surface area contributed by atoms with E-state index in [0.29, 0.717) is 0 Å². The Morgan fingerprint density at radius 3 is 2.24 bits per heavy atom. The van der Waals surface area contributed by atoms with Gasteiger partial charge < -0.3 is 0 Å². The van der Waals surface area contributed by atoms with Gasteiger partial charge >= 0.3 is 6.18 Å². The summed E-state index contributed by atoms with van der Waals surface area (Å²) in [7, 11) is 0. The summed E-state index contributed by atoms with van der Waals surface area (Å²) in [5, 5.41) is 0. The molecule has 0 aliphatic heterocycles. The Hall–Kier alpha value is -2.90. The van der Waals surface area contributed by atoms with Gasteiger partial charge in [-0.2, -0.15) is 13.2 Å². The number of nitrogens with zero attached hydrogens (tertiary/aromatic N) is 2. The second kappa shape index (κ2) is 5.87. The number of fused-ring (bicyclic) bond motifs is 1. The summed E-state index contributed by atoms with van der Waals surface area (Å²) in [6, 6.07) is 3.31. The summed E-state index contributed by atoms with van der Waals surface area (Å²) < 4.78 is 50.9. The number of hydrogen-bond acceptors (Lipinski definition) is 4. The first kappa shape index (κ1) is 16.9. The molecule has 1 aromatic carbocycles. The Morgan fingerprint density at radius 1 is 1.00 bits per heavy atom. The molecule has 0 N–H and O–H groups in total. The van der Waals surface area contributed by atoms with Crippen LogP contribution in [-0.4, -0.2) is 21.5 Å². The number of alkyl halides is 3. The molecule has 0 saturated heterocycles. The molecule has 25 heavy (non-hydrogen) atoms. The van der Waals surface area contributed by atoms with Gasteiger partial charge in [-0.05, 0) is 30.7 Å². The van der Waals surface area contributed by atoms with Crippen LogP contribution in [-0.2, 0) is 12.6 Å². The van der Waals surface area contributed by atoms with E-state index in [1.807, 2.05) is 0 Å². The molecule has 0 bridgehead atoms. The van der Waals surface area contributed by atoms with Crippen molar-refractivity contribution < 1.29 is 27.2 Å². The van der Waals surface area contributed by atoms with Crippen molar-refractivity contribution in [2.75, 3.05) is 0 Å². The molecule has 1 aliphatic carbocycles. The molecule has 8 heteroatoms. The molecule has 4 nitrogen and oxygen atoms in total. The topological polar surface area (TPSA) is 59.9 Å². The fourth-order valence-corrected chi connectivity index (χ4v) is 2.58. The molecule has 1 aliphatic rings. The van der Waals surface area contributed by atoms with Crippen molar-refractivity contribution in [1.29, 1.82) is 0 Å². The van der Waals surface area contributed by atoms with Gasteiger partial charge in [-0.25, -0.2) is 14.4 Å². The summed E-state index contributed by atoms with van der Waals surface area (Å²) in [5.41, 5.74) is 0.550.